The lowest BCUT2D eigenvalue weighted by molar-refractivity contribution is 0.768. The van der Waals surface area contributed by atoms with E-state index in [4.69, 9.17) is 4.98 Å². The molecule has 0 bridgehead atoms. The molecular weight excluding hydrogens is 797 g/mol. The van der Waals surface area contributed by atoms with Gasteiger partial charge in [-0.2, -0.15) is 0 Å². The van der Waals surface area contributed by atoms with Gasteiger partial charge in [-0.25, -0.2) is 4.98 Å². The molecule has 0 fully saturated rings. The molecule has 2 nitrogen and oxygen atoms in total. The van der Waals surface area contributed by atoms with Crippen molar-refractivity contribution in [2.45, 2.75) is 5.41 Å². The van der Waals surface area contributed by atoms with Gasteiger partial charge >= 0.3 is 0 Å². The molecule has 11 aromatic rings. The van der Waals surface area contributed by atoms with Crippen molar-refractivity contribution >= 4 is 28.0 Å². The third kappa shape index (κ3) is 6.71. The predicted molar refractivity (Wildman–Crippen MR) is 275 cm³/mol. The molecule has 0 unspecified atom stereocenters. The van der Waals surface area contributed by atoms with Crippen LogP contribution in [0.1, 0.15) is 22.3 Å². The monoisotopic (exact) mass is 840 g/mol. The number of aromatic nitrogens is 1. The van der Waals surface area contributed by atoms with Crippen molar-refractivity contribution in [1.82, 2.24) is 4.98 Å². The zero-order valence-corrected chi connectivity index (χ0v) is 36.3. The van der Waals surface area contributed by atoms with Crippen molar-refractivity contribution in [3.05, 3.63) is 289 Å². The Bertz CT molecular complexity index is 3450. The molecule has 310 valence electrons. The van der Waals surface area contributed by atoms with Crippen molar-refractivity contribution in [3.63, 3.8) is 0 Å². The summed E-state index contributed by atoms with van der Waals surface area (Å²) < 4.78 is 0. The number of hydrogen-bond acceptors (Lipinski definition) is 2. The number of nitrogens with zero attached hydrogens (tertiary/aromatic N) is 2. The van der Waals surface area contributed by atoms with Crippen LogP contribution in [0.5, 0.6) is 0 Å². The first-order chi connectivity index (χ1) is 32.7. The Kier molecular flexibility index (Phi) is 9.77. The minimum absolute atomic E-state index is 0.610. The lowest BCUT2D eigenvalue weighted by Gasteiger charge is -2.34. The van der Waals surface area contributed by atoms with Gasteiger partial charge in [0.2, 0.25) is 0 Å². The van der Waals surface area contributed by atoms with E-state index < -0.39 is 5.41 Å². The molecular formula is C64H44N2. The molecule has 0 spiro atoms. The van der Waals surface area contributed by atoms with Gasteiger partial charge in [-0.1, -0.05) is 212 Å². The lowest BCUT2D eigenvalue weighted by atomic mass is 9.67. The van der Waals surface area contributed by atoms with E-state index in [0.29, 0.717) is 0 Å². The summed E-state index contributed by atoms with van der Waals surface area (Å²) in [5.74, 6) is 0. The summed E-state index contributed by atoms with van der Waals surface area (Å²) in [4.78, 5) is 7.85. The highest BCUT2D eigenvalue weighted by Crippen LogP contribution is 2.58. The van der Waals surface area contributed by atoms with E-state index >= 15 is 0 Å². The zero-order chi connectivity index (χ0) is 43.9. The second kappa shape index (κ2) is 16.5. The highest BCUT2D eigenvalue weighted by molar-refractivity contribution is 5.95. The molecule has 1 aliphatic rings. The quantitative estimate of drug-likeness (QED) is 0.144. The van der Waals surface area contributed by atoms with Gasteiger partial charge < -0.3 is 4.90 Å². The van der Waals surface area contributed by atoms with Crippen LogP contribution in [0.4, 0.5) is 17.1 Å². The van der Waals surface area contributed by atoms with Gasteiger partial charge in [0.1, 0.15) is 0 Å². The number of anilines is 3. The van der Waals surface area contributed by atoms with Crippen molar-refractivity contribution in [2.75, 3.05) is 4.90 Å². The fraction of sp³-hybridized carbons (Fsp3) is 0.0156. The van der Waals surface area contributed by atoms with Gasteiger partial charge in [0, 0.05) is 33.6 Å². The molecule has 1 aliphatic carbocycles. The van der Waals surface area contributed by atoms with E-state index in [-0.39, 0.29) is 0 Å². The summed E-state index contributed by atoms with van der Waals surface area (Å²) in [5.41, 5.74) is 20.0. The smallest absolute Gasteiger partial charge is 0.0788 e. The standard InChI is InChI=1S/C64H44N2/c1-6-19-45(20-7-1)47-33-36-54(37-34-47)66(55-31-18-26-49(41-55)46-21-8-2-9-22-46)56-38-40-60-59(44-56)57-39-35-51(43-61(57)64(60,52-27-12-4-13-28-52)53-29-14-5-15-30-53)63-58(48-23-10-3-11-24-48)42-50-25-16-17-32-62(50)65-63/h1-44H. The number of para-hydroxylation sites is 1. The number of benzene rings is 10. The maximum atomic E-state index is 5.44. The highest BCUT2D eigenvalue weighted by Gasteiger charge is 2.46. The molecule has 0 amide bonds. The van der Waals surface area contributed by atoms with Gasteiger partial charge in [0.25, 0.3) is 0 Å². The third-order valence-electron chi connectivity index (χ3n) is 13.3. The van der Waals surface area contributed by atoms with Gasteiger partial charge in [-0.3, -0.25) is 0 Å². The fourth-order valence-electron chi connectivity index (χ4n) is 10.3. The Morgan fingerprint density at radius 1 is 0.288 bits per heavy atom. The van der Waals surface area contributed by atoms with E-state index in [0.717, 1.165) is 50.3 Å². The Labute approximate surface area is 386 Å². The van der Waals surface area contributed by atoms with Crippen LogP contribution in [-0.2, 0) is 5.41 Å². The summed E-state index contributed by atoms with van der Waals surface area (Å²) >= 11 is 0. The van der Waals surface area contributed by atoms with Crippen LogP contribution in [0.15, 0.2) is 267 Å². The van der Waals surface area contributed by atoms with Crippen LogP contribution in [0.3, 0.4) is 0 Å². The first kappa shape index (κ1) is 39.0. The van der Waals surface area contributed by atoms with Crippen molar-refractivity contribution in [2.24, 2.45) is 0 Å². The summed E-state index contributed by atoms with van der Waals surface area (Å²) in [6, 6.07) is 96.9. The summed E-state index contributed by atoms with van der Waals surface area (Å²) in [7, 11) is 0. The molecule has 10 aromatic carbocycles. The molecule has 2 heteroatoms. The van der Waals surface area contributed by atoms with Crippen LogP contribution in [0.25, 0.3) is 66.7 Å². The van der Waals surface area contributed by atoms with E-state index in [1.165, 1.54) is 55.6 Å². The highest BCUT2D eigenvalue weighted by atomic mass is 15.1. The Morgan fingerprint density at radius 3 is 1.47 bits per heavy atom. The number of pyridine rings is 1. The first-order valence-corrected chi connectivity index (χ1v) is 22.7. The molecule has 12 rings (SSSR count). The van der Waals surface area contributed by atoms with E-state index in [2.05, 4.69) is 272 Å². The third-order valence-corrected chi connectivity index (χ3v) is 13.3. The van der Waals surface area contributed by atoms with Crippen LogP contribution < -0.4 is 4.90 Å². The molecule has 0 aliphatic heterocycles. The van der Waals surface area contributed by atoms with Crippen molar-refractivity contribution in [1.29, 1.82) is 0 Å². The number of hydrogen-bond donors (Lipinski definition) is 0. The topological polar surface area (TPSA) is 16.1 Å². The van der Waals surface area contributed by atoms with E-state index in [1.54, 1.807) is 0 Å². The summed E-state index contributed by atoms with van der Waals surface area (Å²) in [5, 5.41) is 1.12. The Hall–Kier alpha value is -8.59. The number of fused-ring (bicyclic) bond motifs is 4. The van der Waals surface area contributed by atoms with Crippen molar-refractivity contribution < 1.29 is 0 Å². The SMILES string of the molecule is c1ccc(-c2ccc(N(c3cccc(-c4ccccc4)c3)c3ccc4c(c3)-c3ccc(-c5nc6ccccc6cc5-c5ccccc5)cc3C4(c3ccccc3)c3ccccc3)cc2)cc1. The molecule has 0 N–H and O–H groups in total. The summed E-state index contributed by atoms with van der Waals surface area (Å²) in [6.07, 6.45) is 0. The maximum Gasteiger partial charge on any atom is 0.0788 e. The van der Waals surface area contributed by atoms with Crippen LogP contribution in [-0.4, -0.2) is 4.98 Å². The molecule has 0 radical (unpaired) electrons. The molecule has 0 saturated carbocycles. The number of rotatable bonds is 9. The van der Waals surface area contributed by atoms with Gasteiger partial charge in [0.05, 0.1) is 16.6 Å². The van der Waals surface area contributed by atoms with Gasteiger partial charge in [-0.05, 0) is 116 Å². The molecule has 0 saturated heterocycles. The average molecular weight is 841 g/mol. The second-order valence-corrected chi connectivity index (χ2v) is 17.1. The van der Waals surface area contributed by atoms with Crippen LogP contribution in [0, 0.1) is 0 Å². The molecule has 0 atom stereocenters. The average Bonchev–Trinajstić information content (AvgIpc) is 3.69. The second-order valence-electron chi connectivity index (χ2n) is 17.1. The van der Waals surface area contributed by atoms with Crippen LogP contribution in [0.2, 0.25) is 0 Å². The first-order valence-electron chi connectivity index (χ1n) is 22.7. The minimum Gasteiger partial charge on any atom is -0.310 e. The van der Waals surface area contributed by atoms with Gasteiger partial charge in [0.15, 0.2) is 0 Å². The van der Waals surface area contributed by atoms with Crippen molar-refractivity contribution in [3.8, 4) is 55.8 Å². The largest absolute Gasteiger partial charge is 0.310 e. The Morgan fingerprint density at radius 2 is 0.803 bits per heavy atom. The molecule has 1 heterocycles. The zero-order valence-electron chi connectivity index (χ0n) is 36.3. The lowest BCUT2D eigenvalue weighted by Crippen LogP contribution is -2.28. The minimum atomic E-state index is -0.610. The van der Waals surface area contributed by atoms with E-state index in [1.807, 2.05) is 0 Å². The Balaban J connectivity index is 1.10. The normalized spacial score (nSPS) is 12.4. The fourth-order valence-corrected chi connectivity index (χ4v) is 10.3. The van der Waals surface area contributed by atoms with Gasteiger partial charge in [-0.15, -0.1) is 0 Å². The maximum absolute atomic E-state index is 5.44. The molecule has 1 aromatic heterocycles. The predicted octanol–water partition coefficient (Wildman–Crippen LogP) is 16.7. The van der Waals surface area contributed by atoms with E-state index in [9.17, 15) is 0 Å². The molecule has 66 heavy (non-hydrogen) atoms. The summed E-state index contributed by atoms with van der Waals surface area (Å²) in [6.45, 7) is 0. The van der Waals surface area contributed by atoms with Crippen LogP contribution >= 0.6 is 0 Å².